The van der Waals surface area contributed by atoms with Gasteiger partial charge in [0.15, 0.2) is 0 Å². The minimum atomic E-state index is 0.383. The number of rotatable bonds is 3. The van der Waals surface area contributed by atoms with E-state index in [1.165, 1.54) is 11.1 Å². The Morgan fingerprint density at radius 2 is 2.00 bits per heavy atom. The van der Waals surface area contributed by atoms with E-state index in [9.17, 15) is 0 Å². The van der Waals surface area contributed by atoms with Crippen molar-refractivity contribution in [3.63, 3.8) is 0 Å². The molecule has 88 valence electrons. The number of nitriles is 1. The molecule has 0 saturated carbocycles. The molecule has 3 nitrogen and oxygen atoms in total. The van der Waals surface area contributed by atoms with Crippen LogP contribution in [0.25, 0.3) is 11.0 Å². The molecule has 17 heavy (non-hydrogen) atoms. The summed E-state index contributed by atoms with van der Waals surface area (Å²) in [6, 6.07) is 6.46. The molecule has 0 spiro atoms. The van der Waals surface area contributed by atoms with E-state index in [-0.39, 0.29) is 0 Å². The Kier molecular flexibility index (Phi) is 3.14. The van der Waals surface area contributed by atoms with Gasteiger partial charge in [0.05, 0.1) is 17.1 Å². The largest absolute Gasteiger partial charge is 0.314 e. The first-order valence-corrected chi connectivity index (χ1v) is 6.00. The second-order valence-corrected chi connectivity index (χ2v) is 4.45. The molecule has 0 aliphatic rings. The van der Waals surface area contributed by atoms with Gasteiger partial charge in [0.25, 0.3) is 0 Å². The van der Waals surface area contributed by atoms with Gasteiger partial charge in [0.1, 0.15) is 12.4 Å². The molecule has 0 amide bonds. The van der Waals surface area contributed by atoms with Gasteiger partial charge in [-0.05, 0) is 43.5 Å². The molecule has 1 heterocycles. The first kappa shape index (κ1) is 11.7. The number of imidazole rings is 1. The molecule has 0 N–H and O–H groups in total. The maximum Gasteiger partial charge on any atom is 0.111 e. The summed E-state index contributed by atoms with van der Waals surface area (Å²) < 4.78 is 2.03. The Bertz CT molecular complexity index is 588. The van der Waals surface area contributed by atoms with Gasteiger partial charge in [-0.3, -0.25) is 0 Å². The van der Waals surface area contributed by atoms with Crippen molar-refractivity contribution in [2.75, 3.05) is 0 Å². The Morgan fingerprint density at radius 1 is 1.29 bits per heavy atom. The van der Waals surface area contributed by atoms with Gasteiger partial charge in [-0.1, -0.05) is 6.92 Å². The van der Waals surface area contributed by atoms with Crippen molar-refractivity contribution in [3.05, 3.63) is 29.1 Å². The molecule has 0 aliphatic heterocycles. The Labute approximate surface area is 102 Å². The summed E-state index contributed by atoms with van der Waals surface area (Å²) >= 11 is 0. The van der Waals surface area contributed by atoms with E-state index in [0.29, 0.717) is 6.54 Å². The van der Waals surface area contributed by atoms with E-state index in [2.05, 4.69) is 44.0 Å². The lowest BCUT2D eigenvalue weighted by Gasteiger charge is -2.04. The summed E-state index contributed by atoms with van der Waals surface area (Å²) in [5, 5.41) is 8.92. The number of aromatic nitrogens is 2. The molecular weight excluding hydrogens is 210 g/mol. The Balaban J connectivity index is 2.67. The van der Waals surface area contributed by atoms with E-state index in [0.717, 1.165) is 29.7 Å². The van der Waals surface area contributed by atoms with E-state index < -0.39 is 0 Å². The number of fused-ring (bicyclic) bond motifs is 1. The quantitative estimate of drug-likeness (QED) is 0.808. The smallest absolute Gasteiger partial charge is 0.111 e. The minimum Gasteiger partial charge on any atom is -0.314 e. The Morgan fingerprint density at radius 3 is 2.65 bits per heavy atom. The van der Waals surface area contributed by atoms with E-state index >= 15 is 0 Å². The lowest BCUT2D eigenvalue weighted by Crippen LogP contribution is -2.02. The van der Waals surface area contributed by atoms with Gasteiger partial charge in [-0.15, -0.1) is 0 Å². The Hall–Kier alpha value is -1.82. The summed E-state index contributed by atoms with van der Waals surface area (Å²) in [5.74, 6) is 1.02. The summed E-state index contributed by atoms with van der Waals surface area (Å²) in [6.45, 7) is 6.70. The SMILES string of the molecule is CCCc1nc2cc(C)c(C)cc2n1CC#N. The second kappa shape index (κ2) is 4.58. The van der Waals surface area contributed by atoms with Crippen LogP contribution in [0, 0.1) is 25.2 Å². The molecule has 0 bridgehead atoms. The van der Waals surface area contributed by atoms with Gasteiger partial charge < -0.3 is 4.57 Å². The van der Waals surface area contributed by atoms with Gasteiger partial charge in [0.2, 0.25) is 0 Å². The van der Waals surface area contributed by atoms with Crippen molar-refractivity contribution in [2.45, 2.75) is 40.2 Å². The van der Waals surface area contributed by atoms with Crippen LogP contribution in [0.4, 0.5) is 0 Å². The average molecular weight is 227 g/mol. The van der Waals surface area contributed by atoms with Gasteiger partial charge >= 0.3 is 0 Å². The highest BCUT2D eigenvalue weighted by atomic mass is 15.1. The standard InChI is InChI=1S/C14H17N3/c1-4-5-14-16-12-8-10(2)11(3)9-13(12)17(14)7-6-15/h8-9H,4-5,7H2,1-3H3. The van der Waals surface area contributed by atoms with Crippen LogP contribution < -0.4 is 0 Å². The average Bonchev–Trinajstić information content (AvgIpc) is 2.59. The van der Waals surface area contributed by atoms with Crippen LogP contribution in [0.5, 0.6) is 0 Å². The molecule has 2 aromatic rings. The third-order valence-corrected chi connectivity index (χ3v) is 3.15. The van der Waals surface area contributed by atoms with E-state index in [1.54, 1.807) is 0 Å². The molecule has 1 aromatic carbocycles. The zero-order valence-corrected chi connectivity index (χ0v) is 10.6. The highest BCUT2D eigenvalue weighted by Gasteiger charge is 2.10. The van der Waals surface area contributed by atoms with Crippen molar-refractivity contribution >= 4 is 11.0 Å². The molecule has 1 aromatic heterocycles. The highest BCUT2D eigenvalue weighted by Crippen LogP contribution is 2.21. The first-order valence-electron chi connectivity index (χ1n) is 6.00. The second-order valence-electron chi connectivity index (χ2n) is 4.45. The van der Waals surface area contributed by atoms with Crippen molar-refractivity contribution in [1.29, 1.82) is 5.26 Å². The monoisotopic (exact) mass is 227 g/mol. The van der Waals surface area contributed by atoms with E-state index in [1.807, 2.05) is 4.57 Å². The molecular formula is C14H17N3. The molecule has 0 unspecified atom stereocenters. The van der Waals surface area contributed by atoms with Crippen LogP contribution in [-0.2, 0) is 13.0 Å². The fourth-order valence-electron chi connectivity index (χ4n) is 2.09. The fraction of sp³-hybridized carbons (Fsp3) is 0.429. The van der Waals surface area contributed by atoms with Gasteiger partial charge in [-0.25, -0.2) is 4.98 Å². The fourth-order valence-corrected chi connectivity index (χ4v) is 2.09. The van der Waals surface area contributed by atoms with Crippen LogP contribution in [-0.4, -0.2) is 9.55 Å². The number of hydrogen-bond donors (Lipinski definition) is 0. The predicted octanol–water partition coefficient (Wildman–Crippen LogP) is 3.13. The van der Waals surface area contributed by atoms with Crippen LogP contribution in [0.1, 0.15) is 30.3 Å². The maximum absolute atomic E-state index is 8.92. The number of hydrogen-bond acceptors (Lipinski definition) is 2. The molecule has 0 fully saturated rings. The van der Waals surface area contributed by atoms with Crippen LogP contribution in [0.15, 0.2) is 12.1 Å². The van der Waals surface area contributed by atoms with Gasteiger partial charge in [0, 0.05) is 6.42 Å². The van der Waals surface area contributed by atoms with Crippen LogP contribution in [0.2, 0.25) is 0 Å². The van der Waals surface area contributed by atoms with Crippen molar-refractivity contribution in [1.82, 2.24) is 9.55 Å². The molecule has 0 radical (unpaired) electrons. The third kappa shape index (κ3) is 2.03. The van der Waals surface area contributed by atoms with Crippen LogP contribution >= 0.6 is 0 Å². The summed E-state index contributed by atoms with van der Waals surface area (Å²) in [5.41, 5.74) is 4.59. The van der Waals surface area contributed by atoms with Crippen molar-refractivity contribution < 1.29 is 0 Å². The normalized spacial score (nSPS) is 10.7. The topological polar surface area (TPSA) is 41.6 Å². The highest BCUT2D eigenvalue weighted by molar-refractivity contribution is 5.78. The summed E-state index contributed by atoms with van der Waals surface area (Å²) in [6.07, 6.45) is 1.97. The lowest BCUT2D eigenvalue weighted by molar-refractivity contribution is 0.738. The third-order valence-electron chi connectivity index (χ3n) is 3.15. The van der Waals surface area contributed by atoms with Gasteiger partial charge in [-0.2, -0.15) is 5.26 Å². The van der Waals surface area contributed by atoms with Crippen molar-refractivity contribution in [2.24, 2.45) is 0 Å². The number of nitrogens with zero attached hydrogens (tertiary/aromatic N) is 3. The number of benzene rings is 1. The van der Waals surface area contributed by atoms with E-state index in [4.69, 9.17) is 5.26 Å². The summed E-state index contributed by atoms with van der Waals surface area (Å²) in [4.78, 5) is 4.63. The number of aryl methyl sites for hydroxylation is 3. The summed E-state index contributed by atoms with van der Waals surface area (Å²) in [7, 11) is 0. The lowest BCUT2D eigenvalue weighted by atomic mass is 10.1. The zero-order chi connectivity index (χ0) is 12.4. The minimum absolute atomic E-state index is 0.383. The first-order chi connectivity index (χ1) is 8.17. The molecule has 2 rings (SSSR count). The molecule has 0 atom stereocenters. The molecule has 0 aliphatic carbocycles. The predicted molar refractivity (Wildman–Crippen MR) is 68.8 cm³/mol. The zero-order valence-electron chi connectivity index (χ0n) is 10.6. The van der Waals surface area contributed by atoms with Crippen molar-refractivity contribution in [3.8, 4) is 6.07 Å². The molecule has 3 heteroatoms. The van der Waals surface area contributed by atoms with Crippen LogP contribution in [0.3, 0.4) is 0 Å². The molecule has 0 saturated heterocycles. The maximum atomic E-state index is 8.92.